The van der Waals surface area contributed by atoms with E-state index < -0.39 is 23.8 Å². The van der Waals surface area contributed by atoms with Gasteiger partial charge in [0.05, 0.1) is 32.3 Å². The molecule has 0 aliphatic rings. The van der Waals surface area contributed by atoms with Crippen molar-refractivity contribution in [2.24, 2.45) is 0 Å². The predicted octanol–water partition coefficient (Wildman–Crippen LogP) is 1.16. The van der Waals surface area contributed by atoms with Crippen LogP contribution in [-0.2, 0) is 19.0 Å². The van der Waals surface area contributed by atoms with Crippen molar-refractivity contribution >= 4 is 12.1 Å². The smallest absolute Gasteiger partial charge is 0.407 e. The van der Waals surface area contributed by atoms with E-state index in [1.807, 2.05) is 0 Å². The minimum absolute atomic E-state index is 0.0170. The number of aliphatic hydroxyl groups is 1. The summed E-state index contributed by atoms with van der Waals surface area (Å²) in [5.41, 5.74) is -0.560. The summed E-state index contributed by atoms with van der Waals surface area (Å²) in [7, 11) is 0. The normalized spacial score (nSPS) is 12.7. The summed E-state index contributed by atoms with van der Waals surface area (Å²) in [4.78, 5) is 21.6. The summed E-state index contributed by atoms with van der Waals surface area (Å²) < 4.78 is 15.4. The molecule has 0 aromatic rings. The molecule has 0 saturated heterocycles. The standard InChI is InChI=1S/C15H29NO7/c1-15(2,3)23-14(20)16-11-12(17)5-4-7-21-9-10-22-8-6-13(18)19/h12,17H,4-11H2,1-3H3,(H,16,20)(H,18,19). The maximum atomic E-state index is 11.4. The highest BCUT2D eigenvalue weighted by Gasteiger charge is 2.16. The number of amides is 1. The molecule has 3 N–H and O–H groups in total. The van der Waals surface area contributed by atoms with E-state index in [9.17, 15) is 14.7 Å². The molecule has 0 aliphatic heterocycles. The molecule has 0 saturated carbocycles. The van der Waals surface area contributed by atoms with Gasteiger partial charge in [0.2, 0.25) is 0 Å². The van der Waals surface area contributed by atoms with Gasteiger partial charge in [0.1, 0.15) is 5.60 Å². The summed E-state index contributed by atoms with van der Waals surface area (Å²) in [6, 6.07) is 0. The second kappa shape index (κ2) is 12.1. The van der Waals surface area contributed by atoms with Crippen LogP contribution in [0.4, 0.5) is 4.79 Å². The van der Waals surface area contributed by atoms with Crippen LogP contribution >= 0.6 is 0 Å². The fourth-order valence-electron chi connectivity index (χ4n) is 1.52. The average molecular weight is 335 g/mol. The minimum atomic E-state index is -0.889. The van der Waals surface area contributed by atoms with E-state index in [1.165, 1.54) is 0 Å². The molecule has 1 amide bonds. The lowest BCUT2D eigenvalue weighted by Crippen LogP contribution is -2.36. The first-order chi connectivity index (χ1) is 10.7. The number of carbonyl (C=O) groups excluding carboxylic acids is 1. The molecule has 23 heavy (non-hydrogen) atoms. The number of aliphatic hydroxyl groups excluding tert-OH is 1. The van der Waals surface area contributed by atoms with Crippen molar-refractivity contribution in [1.29, 1.82) is 0 Å². The fourth-order valence-corrected chi connectivity index (χ4v) is 1.52. The number of carboxylic acid groups (broad SMARTS) is 1. The Balaban J connectivity index is 3.41. The van der Waals surface area contributed by atoms with Crippen LogP contribution in [-0.4, -0.2) is 67.0 Å². The number of hydrogen-bond donors (Lipinski definition) is 3. The zero-order chi connectivity index (χ0) is 17.7. The van der Waals surface area contributed by atoms with Crippen molar-refractivity contribution in [3.63, 3.8) is 0 Å². The molecular weight excluding hydrogens is 306 g/mol. The lowest BCUT2D eigenvalue weighted by Gasteiger charge is -2.20. The van der Waals surface area contributed by atoms with E-state index in [1.54, 1.807) is 20.8 Å². The highest BCUT2D eigenvalue weighted by Crippen LogP contribution is 2.06. The van der Waals surface area contributed by atoms with Crippen molar-refractivity contribution in [3.05, 3.63) is 0 Å². The summed E-state index contributed by atoms with van der Waals surface area (Å²) in [5.74, 6) is -0.889. The molecule has 8 nitrogen and oxygen atoms in total. The summed E-state index contributed by atoms with van der Waals surface area (Å²) >= 11 is 0. The van der Waals surface area contributed by atoms with Crippen LogP contribution in [0, 0.1) is 0 Å². The van der Waals surface area contributed by atoms with Crippen molar-refractivity contribution in [2.75, 3.05) is 33.0 Å². The Hall–Kier alpha value is -1.38. The van der Waals surface area contributed by atoms with Crippen LogP contribution in [0.5, 0.6) is 0 Å². The van der Waals surface area contributed by atoms with E-state index in [0.717, 1.165) is 0 Å². The molecule has 0 aliphatic carbocycles. The monoisotopic (exact) mass is 335 g/mol. The fraction of sp³-hybridized carbons (Fsp3) is 0.867. The highest BCUT2D eigenvalue weighted by atomic mass is 16.6. The van der Waals surface area contributed by atoms with E-state index in [4.69, 9.17) is 19.3 Å². The maximum absolute atomic E-state index is 11.4. The Bertz CT molecular complexity index is 341. The predicted molar refractivity (Wildman–Crippen MR) is 83.4 cm³/mol. The number of ether oxygens (including phenoxy) is 3. The first-order valence-electron chi connectivity index (χ1n) is 7.73. The Morgan fingerprint density at radius 2 is 1.70 bits per heavy atom. The Kier molecular flexibility index (Phi) is 11.4. The van der Waals surface area contributed by atoms with Gasteiger partial charge in [-0.05, 0) is 33.6 Å². The molecule has 0 fully saturated rings. The van der Waals surface area contributed by atoms with Gasteiger partial charge in [-0.1, -0.05) is 0 Å². The topological polar surface area (TPSA) is 114 Å². The van der Waals surface area contributed by atoms with Crippen molar-refractivity contribution in [1.82, 2.24) is 5.32 Å². The first kappa shape index (κ1) is 21.6. The van der Waals surface area contributed by atoms with Crippen LogP contribution in [0.15, 0.2) is 0 Å². The van der Waals surface area contributed by atoms with Gasteiger partial charge < -0.3 is 29.7 Å². The van der Waals surface area contributed by atoms with Crippen LogP contribution in [0.25, 0.3) is 0 Å². The molecule has 0 radical (unpaired) electrons. The zero-order valence-corrected chi connectivity index (χ0v) is 14.2. The molecule has 1 unspecified atom stereocenters. The Morgan fingerprint density at radius 3 is 2.26 bits per heavy atom. The average Bonchev–Trinajstić information content (AvgIpc) is 2.41. The summed E-state index contributed by atoms with van der Waals surface area (Å²) in [5, 5.41) is 20.6. The second-order valence-corrected chi connectivity index (χ2v) is 6.05. The number of nitrogens with one attached hydrogen (secondary N) is 1. The van der Waals surface area contributed by atoms with Gasteiger partial charge in [0.15, 0.2) is 0 Å². The van der Waals surface area contributed by atoms with Gasteiger partial charge in [-0.15, -0.1) is 0 Å². The van der Waals surface area contributed by atoms with E-state index in [2.05, 4.69) is 5.32 Å². The number of carbonyl (C=O) groups is 2. The molecule has 136 valence electrons. The summed E-state index contributed by atoms with van der Waals surface area (Å²) in [6.45, 7) is 6.80. The van der Waals surface area contributed by atoms with Crippen LogP contribution < -0.4 is 5.32 Å². The Labute approximate surface area is 137 Å². The summed E-state index contributed by atoms with van der Waals surface area (Å²) in [6.07, 6.45) is -0.0806. The molecule has 8 heteroatoms. The number of rotatable bonds is 12. The number of carboxylic acids is 1. The van der Waals surface area contributed by atoms with Crippen LogP contribution in [0.2, 0.25) is 0 Å². The third-order valence-electron chi connectivity index (χ3n) is 2.54. The van der Waals surface area contributed by atoms with E-state index >= 15 is 0 Å². The van der Waals surface area contributed by atoms with Gasteiger partial charge in [0, 0.05) is 13.2 Å². The van der Waals surface area contributed by atoms with Crippen LogP contribution in [0.1, 0.15) is 40.0 Å². The van der Waals surface area contributed by atoms with E-state index in [0.29, 0.717) is 32.7 Å². The quantitative estimate of drug-likeness (QED) is 0.458. The van der Waals surface area contributed by atoms with Gasteiger partial charge in [-0.2, -0.15) is 0 Å². The second-order valence-electron chi connectivity index (χ2n) is 6.05. The van der Waals surface area contributed by atoms with Crippen LogP contribution in [0.3, 0.4) is 0 Å². The lowest BCUT2D eigenvalue weighted by atomic mass is 10.2. The number of hydrogen-bond acceptors (Lipinski definition) is 6. The van der Waals surface area contributed by atoms with Crippen molar-refractivity contribution in [2.45, 2.75) is 51.7 Å². The molecule has 0 spiro atoms. The number of alkyl carbamates (subject to hydrolysis) is 1. The van der Waals surface area contributed by atoms with Crippen molar-refractivity contribution < 1.29 is 34.0 Å². The van der Waals surface area contributed by atoms with E-state index in [-0.39, 0.29) is 19.6 Å². The molecule has 0 rings (SSSR count). The van der Waals surface area contributed by atoms with Gasteiger partial charge in [-0.3, -0.25) is 4.79 Å². The third kappa shape index (κ3) is 16.8. The first-order valence-corrected chi connectivity index (χ1v) is 7.73. The minimum Gasteiger partial charge on any atom is -0.481 e. The lowest BCUT2D eigenvalue weighted by molar-refractivity contribution is -0.138. The largest absolute Gasteiger partial charge is 0.481 e. The van der Waals surface area contributed by atoms with Gasteiger partial charge in [-0.25, -0.2) is 4.79 Å². The SMILES string of the molecule is CC(C)(C)OC(=O)NCC(O)CCCOCCOCCC(=O)O. The maximum Gasteiger partial charge on any atom is 0.407 e. The zero-order valence-electron chi connectivity index (χ0n) is 14.2. The third-order valence-corrected chi connectivity index (χ3v) is 2.54. The molecule has 0 aromatic heterocycles. The van der Waals surface area contributed by atoms with Gasteiger partial charge in [0.25, 0.3) is 0 Å². The van der Waals surface area contributed by atoms with Gasteiger partial charge >= 0.3 is 12.1 Å². The highest BCUT2D eigenvalue weighted by molar-refractivity contribution is 5.67. The molecular formula is C15H29NO7. The molecule has 0 heterocycles. The van der Waals surface area contributed by atoms with Crippen molar-refractivity contribution in [3.8, 4) is 0 Å². The Morgan fingerprint density at radius 1 is 1.09 bits per heavy atom. The molecule has 1 atom stereocenters. The molecule has 0 bridgehead atoms. The molecule has 0 aromatic carbocycles. The number of aliphatic carboxylic acids is 1.